The minimum Gasteiger partial charge on any atom is -0.504 e. The molecule has 0 aliphatic heterocycles. The zero-order chi connectivity index (χ0) is 16.8. The number of nitrogens with zero attached hydrogens (tertiary/aromatic N) is 1. The molecule has 0 aliphatic carbocycles. The standard InChI is InChI=1S/C16H15ClN2O4/c1-22-14-6-4-12(17)7-11(14)9-18-19-16(21)10-3-5-13(20)15(8-10)23-2/h3-9,20H,1-2H3,(H,19,21). The first-order chi connectivity index (χ1) is 11.0. The Hall–Kier alpha value is -2.73. The number of nitrogens with one attached hydrogen (secondary N) is 1. The molecule has 0 spiro atoms. The number of amides is 1. The number of ether oxygens (including phenoxy) is 2. The molecule has 0 fully saturated rings. The van der Waals surface area contributed by atoms with Crippen molar-refractivity contribution < 1.29 is 19.4 Å². The summed E-state index contributed by atoms with van der Waals surface area (Å²) >= 11 is 5.92. The summed E-state index contributed by atoms with van der Waals surface area (Å²) in [6.07, 6.45) is 1.43. The van der Waals surface area contributed by atoms with Gasteiger partial charge in [-0.25, -0.2) is 5.43 Å². The number of carbonyl (C=O) groups is 1. The Bertz CT molecular complexity index is 747. The van der Waals surface area contributed by atoms with Crippen molar-refractivity contribution in [2.24, 2.45) is 5.10 Å². The third-order valence-electron chi connectivity index (χ3n) is 3.00. The average Bonchev–Trinajstić information content (AvgIpc) is 2.55. The first-order valence-corrected chi connectivity index (χ1v) is 6.97. The fraction of sp³-hybridized carbons (Fsp3) is 0.125. The molecule has 1 amide bonds. The Labute approximate surface area is 138 Å². The van der Waals surface area contributed by atoms with Crippen molar-refractivity contribution >= 4 is 23.7 Å². The molecule has 7 heteroatoms. The van der Waals surface area contributed by atoms with E-state index in [0.717, 1.165) is 0 Å². The number of hydrazone groups is 1. The van der Waals surface area contributed by atoms with Gasteiger partial charge in [-0.3, -0.25) is 4.79 Å². The van der Waals surface area contributed by atoms with Crippen LogP contribution >= 0.6 is 11.6 Å². The Kier molecular flexibility index (Phi) is 5.43. The maximum Gasteiger partial charge on any atom is 0.271 e. The predicted molar refractivity (Wildman–Crippen MR) is 87.7 cm³/mol. The van der Waals surface area contributed by atoms with Gasteiger partial charge in [-0.2, -0.15) is 5.10 Å². The summed E-state index contributed by atoms with van der Waals surface area (Å²) in [5.41, 5.74) is 3.31. The van der Waals surface area contributed by atoms with Crippen LogP contribution in [-0.4, -0.2) is 31.4 Å². The number of hydrogen-bond donors (Lipinski definition) is 2. The summed E-state index contributed by atoms with van der Waals surface area (Å²) < 4.78 is 10.1. The summed E-state index contributed by atoms with van der Waals surface area (Å²) in [6.45, 7) is 0. The molecule has 0 unspecified atom stereocenters. The predicted octanol–water partition coefficient (Wildman–Crippen LogP) is 2.83. The van der Waals surface area contributed by atoms with Crippen molar-refractivity contribution in [3.05, 3.63) is 52.5 Å². The number of carbonyl (C=O) groups excluding carboxylic acids is 1. The summed E-state index contributed by atoms with van der Waals surface area (Å²) in [6, 6.07) is 9.31. The summed E-state index contributed by atoms with van der Waals surface area (Å²) in [5.74, 6) is 0.300. The van der Waals surface area contributed by atoms with Crippen LogP contribution in [0.4, 0.5) is 0 Å². The molecule has 2 N–H and O–H groups in total. The number of phenols is 1. The zero-order valence-corrected chi connectivity index (χ0v) is 13.3. The van der Waals surface area contributed by atoms with E-state index in [9.17, 15) is 9.90 Å². The topological polar surface area (TPSA) is 80.2 Å². The van der Waals surface area contributed by atoms with Gasteiger partial charge in [0.2, 0.25) is 0 Å². The van der Waals surface area contributed by atoms with Crippen LogP contribution in [0.15, 0.2) is 41.5 Å². The van der Waals surface area contributed by atoms with E-state index < -0.39 is 5.91 Å². The molecule has 0 atom stereocenters. The van der Waals surface area contributed by atoms with Gasteiger partial charge in [0.05, 0.1) is 20.4 Å². The third kappa shape index (κ3) is 4.14. The third-order valence-corrected chi connectivity index (χ3v) is 3.24. The first kappa shape index (κ1) is 16.6. The van der Waals surface area contributed by atoms with Gasteiger partial charge in [-0.15, -0.1) is 0 Å². The highest BCUT2D eigenvalue weighted by Crippen LogP contribution is 2.26. The number of rotatable bonds is 5. The summed E-state index contributed by atoms with van der Waals surface area (Å²) in [4.78, 5) is 12.0. The van der Waals surface area contributed by atoms with E-state index in [-0.39, 0.29) is 11.5 Å². The lowest BCUT2D eigenvalue weighted by Gasteiger charge is -2.06. The maximum atomic E-state index is 12.0. The lowest BCUT2D eigenvalue weighted by Crippen LogP contribution is -2.17. The fourth-order valence-electron chi connectivity index (χ4n) is 1.85. The van der Waals surface area contributed by atoms with Crippen LogP contribution in [-0.2, 0) is 0 Å². The number of methoxy groups -OCH3 is 2. The molecule has 0 aromatic heterocycles. The Morgan fingerprint density at radius 3 is 2.61 bits per heavy atom. The van der Waals surface area contributed by atoms with E-state index in [1.54, 1.807) is 18.2 Å². The summed E-state index contributed by atoms with van der Waals surface area (Å²) in [7, 11) is 2.93. The molecule has 0 radical (unpaired) electrons. The van der Waals surface area contributed by atoms with Crippen LogP contribution in [0.25, 0.3) is 0 Å². The highest BCUT2D eigenvalue weighted by atomic mass is 35.5. The first-order valence-electron chi connectivity index (χ1n) is 6.59. The SMILES string of the molecule is COc1cc(C(=O)NN=Cc2cc(Cl)ccc2OC)ccc1O. The molecular weight excluding hydrogens is 320 g/mol. The van der Waals surface area contributed by atoms with Crippen LogP contribution in [0.1, 0.15) is 15.9 Å². The molecule has 2 aromatic carbocycles. The van der Waals surface area contributed by atoms with E-state index in [1.165, 1.54) is 38.6 Å². The second-order valence-corrected chi connectivity index (χ2v) is 4.91. The molecule has 120 valence electrons. The van der Waals surface area contributed by atoms with Crippen LogP contribution < -0.4 is 14.9 Å². The second-order valence-electron chi connectivity index (χ2n) is 4.47. The van der Waals surface area contributed by atoms with Crippen molar-refractivity contribution in [2.45, 2.75) is 0 Å². The van der Waals surface area contributed by atoms with Gasteiger partial charge in [0.25, 0.3) is 5.91 Å². The normalized spacial score (nSPS) is 10.6. The lowest BCUT2D eigenvalue weighted by atomic mass is 10.2. The van der Waals surface area contributed by atoms with E-state index >= 15 is 0 Å². The highest BCUT2D eigenvalue weighted by Gasteiger charge is 2.09. The van der Waals surface area contributed by atoms with Gasteiger partial charge < -0.3 is 14.6 Å². The van der Waals surface area contributed by atoms with Crippen molar-refractivity contribution in [1.29, 1.82) is 0 Å². The number of phenolic OH excluding ortho intramolecular Hbond substituents is 1. The van der Waals surface area contributed by atoms with Gasteiger partial charge >= 0.3 is 0 Å². The molecule has 0 heterocycles. The van der Waals surface area contributed by atoms with Gasteiger partial charge in [-0.05, 0) is 36.4 Å². The number of hydrogen-bond acceptors (Lipinski definition) is 5. The minimum atomic E-state index is -0.444. The largest absolute Gasteiger partial charge is 0.504 e. The monoisotopic (exact) mass is 334 g/mol. The van der Waals surface area contributed by atoms with Crippen molar-refractivity contribution in [3.8, 4) is 17.2 Å². The fourth-order valence-corrected chi connectivity index (χ4v) is 2.03. The number of aromatic hydroxyl groups is 1. The number of benzene rings is 2. The van der Waals surface area contributed by atoms with Gasteiger partial charge in [-0.1, -0.05) is 11.6 Å². The summed E-state index contributed by atoms with van der Waals surface area (Å²) in [5, 5.41) is 13.9. The van der Waals surface area contributed by atoms with Crippen molar-refractivity contribution in [3.63, 3.8) is 0 Å². The molecule has 2 rings (SSSR count). The molecule has 2 aromatic rings. The van der Waals surface area contributed by atoms with Gasteiger partial charge in [0, 0.05) is 16.1 Å². The lowest BCUT2D eigenvalue weighted by molar-refractivity contribution is 0.0954. The Balaban J connectivity index is 2.11. The van der Waals surface area contributed by atoms with Crippen LogP contribution in [0.5, 0.6) is 17.2 Å². The molecule has 23 heavy (non-hydrogen) atoms. The van der Waals surface area contributed by atoms with E-state index in [0.29, 0.717) is 21.9 Å². The molecule has 0 saturated carbocycles. The quantitative estimate of drug-likeness (QED) is 0.651. The van der Waals surface area contributed by atoms with E-state index in [1.807, 2.05) is 0 Å². The van der Waals surface area contributed by atoms with Gasteiger partial charge in [0.1, 0.15) is 5.75 Å². The Morgan fingerprint density at radius 2 is 1.91 bits per heavy atom. The van der Waals surface area contributed by atoms with E-state index in [2.05, 4.69) is 10.5 Å². The van der Waals surface area contributed by atoms with Crippen LogP contribution in [0.2, 0.25) is 5.02 Å². The molecule has 0 aliphatic rings. The average molecular weight is 335 g/mol. The van der Waals surface area contributed by atoms with Crippen molar-refractivity contribution in [1.82, 2.24) is 5.43 Å². The van der Waals surface area contributed by atoms with Crippen LogP contribution in [0.3, 0.4) is 0 Å². The van der Waals surface area contributed by atoms with E-state index in [4.69, 9.17) is 21.1 Å². The zero-order valence-electron chi connectivity index (χ0n) is 12.5. The minimum absolute atomic E-state index is 0.0452. The highest BCUT2D eigenvalue weighted by molar-refractivity contribution is 6.30. The van der Waals surface area contributed by atoms with Crippen LogP contribution in [0, 0.1) is 0 Å². The smallest absolute Gasteiger partial charge is 0.271 e. The van der Waals surface area contributed by atoms with Gasteiger partial charge in [0.15, 0.2) is 11.5 Å². The molecule has 0 bridgehead atoms. The van der Waals surface area contributed by atoms with Crippen molar-refractivity contribution in [2.75, 3.05) is 14.2 Å². The second kappa shape index (κ2) is 7.51. The molecular formula is C16H15ClN2O4. The maximum absolute atomic E-state index is 12.0. The molecule has 0 saturated heterocycles. The molecule has 6 nitrogen and oxygen atoms in total. The number of halogens is 1. The Morgan fingerprint density at radius 1 is 1.17 bits per heavy atom.